The number of carbonyl (C=O) groups excluding carboxylic acids is 1. The number of nitrogens with one attached hydrogen (secondary N) is 1. The second kappa shape index (κ2) is 13.4. The summed E-state index contributed by atoms with van der Waals surface area (Å²) in [5, 5.41) is 14.6. The first-order chi connectivity index (χ1) is 19.1. The Morgan fingerprint density at radius 3 is 2.45 bits per heavy atom. The van der Waals surface area contributed by atoms with Gasteiger partial charge in [-0.15, -0.1) is 11.3 Å². The Bertz CT molecular complexity index is 1370. The number of carbonyl (C=O) groups is 2. The highest BCUT2D eigenvalue weighted by Crippen LogP contribution is 2.35. The van der Waals surface area contributed by atoms with Crippen molar-refractivity contribution in [2.45, 2.75) is 59.2 Å². The maximum atomic E-state index is 13.8. The van der Waals surface area contributed by atoms with E-state index in [1.807, 2.05) is 37.4 Å². The van der Waals surface area contributed by atoms with Gasteiger partial charge in [0, 0.05) is 36.8 Å². The van der Waals surface area contributed by atoms with Gasteiger partial charge >= 0.3 is 5.97 Å². The molecule has 3 heterocycles. The van der Waals surface area contributed by atoms with Crippen LogP contribution in [0, 0.1) is 19.8 Å². The summed E-state index contributed by atoms with van der Waals surface area (Å²) >= 11 is 1.54. The van der Waals surface area contributed by atoms with Gasteiger partial charge in [0.25, 0.3) is 5.56 Å². The second-order valence-electron chi connectivity index (χ2n) is 11.0. The molecule has 2 atom stereocenters. The Morgan fingerprint density at radius 1 is 1.10 bits per heavy atom. The maximum Gasteiger partial charge on any atom is 0.305 e. The summed E-state index contributed by atoms with van der Waals surface area (Å²) in [6.07, 6.45) is 1.97. The van der Waals surface area contributed by atoms with Crippen LogP contribution in [0.1, 0.15) is 61.0 Å². The van der Waals surface area contributed by atoms with Crippen molar-refractivity contribution in [3.8, 4) is 10.4 Å². The quantitative estimate of drug-likeness (QED) is 0.341. The van der Waals surface area contributed by atoms with Gasteiger partial charge in [0.15, 0.2) is 0 Å². The molecule has 4 rings (SSSR count). The largest absolute Gasteiger partial charge is 0.481 e. The lowest BCUT2D eigenvalue weighted by molar-refractivity contribution is -0.138. The monoisotopic (exact) mass is 565 g/mol. The molecule has 0 radical (unpaired) electrons. The van der Waals surface area contributed by atoms with Crippen LogP contribution in [0.5, 0.6) is 0 Å². The minimum atomic E-state index is -1.00. The van der Waals surface area contributed by atoms with E-state index in [0.717, 1.165) is 45.8 Å². The number of hydrogen-bond donors (Lipinski definition) is 2. The molecule has 1 aromatic carbocycles. The lowest BCUT2D eigenvalue weighted by Crippen LogP contribution is -2.40. The van der Waals surface area contributed by atoms with Crippen molar-refractivity contribution in [2.75, 3.05) is 26.3 Å². The van der Waals surface area contributed by atoms with E-state index in [0.29, 0.717) is 26.2 Å². The van der Waals surface area contributed by atoms with Gasteiger partial charge in [0.1, 0.15) is 6.04 Å². The maximum absolute atomic E-state index is 13.8. The number of amides is 1. The molecule has 2 aromatic heterocycles. The zero-order chi connectivity index (χ0) is 28.8. The molecule has 1 amide bonds. The normalized spacial score (nSPS) is 15.6. The second-order valence-corrected chi connectivity index (χ2v) is 11.9. The van der Waals surface area contributed by atoms with Crippen molar-refractivity contribution >= 4 is 23.2 Å². The van der Waals surface area contributed by atoms with Gasteiger partial charge in [0.2, 0.25) is 5.91 Å². The molecule has 2 N–H and O–H groups in total. The number of ether oxygens (including phenoxy) is 1. The highest BCUT2D eigenvalue weighted by Gasteiger charge is 2.28. The number of aromatic nitrogens is 1. The third kappa shape index (κ3) is 7.47. The summed E-state index contributed by atoms with van der Waals surface area (Å²) in [5.41, 5.74) is 4.84. The van der Waals surface area contributed by atoms with Crippen LogP contribution in [-0.4, -0.2) is 52.8 Å². The Hall–Kier alpha value is -3.27. The topological polar surface area (TPSA) is 101 Å². The number of benzene rings is 1. The summed E-state index contributed by atoms with van der Waals surface area (Å²) in [4.78, 5) is 41.9. The Kier molecular flexibility index (Phi) is 9.95. The number of thiophene rings is 1. The van der Waals surface area contributed by atoms with Gasteiger partial charge in [-0.1, -0.05) is 38.1 Å². The van der Waals surface area contributed by atoms with E-state index in [1.54, 1.807) is 6.20 Å². The fourth-order valence-corrected chi connectivity index (χ4v) is 6.40. The van der Waals surface area contributed by atoms with E-state index in [-0.39, 0.29) is 23.8 Å². The number of carboxylic acid groups (broad SMARTS) is 1. The predicted octanol–water partition coefficient (Wildman–Crippen LogP) is 4.95. The standard InChI is InChI=1S/C31H39N3O5S/c1-20(2)14-26(34-18-23(8-9-28(34)35)17-33-10-12-39-13-11-33)31(38)32-25(16-29(36)37)24-15-27(40-19-24)30-21(3)6-5-7-22(30)4/h5-9,15,18-20,25-26H,10-14,16-17H2,1-4H3,(H,32,38)(H,36,37)/t25-,26-/m0/s1. The first-order valence-corrected chi connectivity index (χ1v) is 14.7. The molecule has 0 saturated carbocycles. The average molecular weight is 566 g/mol. The third-order valence-electron chi connectivity index (χ3n) is 7.29. The summed E-state index contributed by atoms with van der Waals surface area (Å²) in [5.74, 6) is -1.22. The number of carboxylic acids is 1. The van der Waals surface area contributed by atoms with Crippen LogP contribution in [0.15, 0.2) is 52.8 Å². The molecule has 40 heavy (non-hydrogen) atoms. The van der Waals surface area contributed by atoms with E-state index in [9.17, 15) is 19.5 Å². The first kappa shape index (κ1) is 29.7. The molecular formula is C31H39N3O5S. The van der Waals surface area contributed by atoms with Crippen LogP contribution in [0.4, 0.5) is 0 Å². The number of nitrogens with zero attached hydrogens (tertiary/aromatic N) is 2. The lowest BCUT2D eigenvalue weighted by Gasteiger charge is -2.28. The molecule has 214 valence electrons. The van der Waals surface area contributed by atoms with E-state index in [4.69, 9.17) is 4.74 Å². The van der Waals surface area contributed by atoms with Crippen LogP contribution in [0.25, 0.3) is 10.4 Å². The number of pyridine rings is 1. The SMILES string of the molecule is Cc1cccc(C)c1-c1cc([C@H](CC(=O)O)NC(=O)[C@H](CC(C)C)n2cc(CN3CCOCC3)ccc2=O)cs1. The minimum Gasteiger partial charge on any atom is -0.481 e. The smallest absolute Gasteiger partial charge is 0.305 e. The van der Waals surface area contributed by atoms with Gasteiger partial charge in [-0.25, -0.2) is 0 Å². The number of rotatable bonds is 11. The number of morpholine rings is 1. The molecule has 8 nitrogen and oxygen atoms in total. The lowest BCUT2D eigenvalue weighted by atomic mass is 9.98. The highest BCUT2D eigenvalue weighted by atomic mass is 32.1. The summed E-state index contributed by atoms with van der Waals surface area (Å²) in [6.45, 7) is 11.8. The average Bonchev–Trinajstić information content (AvgIpc) is 3.38. The summed E-state index contributed by atoms with van der Waals surface area (Å²) in [7, 11) is 0. The molecule has 1 aliphatic rings. The van der Waals surface area contributed by atoms with Crippen molar-refractivity contribution < 1.29 is 19.4 Å². The summed E-state index contributed by atoms with van der Waals surface area (Å²) < 4.78 is 6.95. The Labute approximate surface area is 239 Å². The Morgan fingerprint density at radius 2 is 1.80 bits per heavy atom. The van der Waals surface area contributed by atoms with Crippen LogP contribution in [-0.2, 0) is 20.9 Å². The molecule has 0 aliphatic carbocycles. The van der Waals surface area contributed by atoms with Gasteiger partial charge in [0.05, 0.1) is 25.7 Å². The van der Waals surface area contributed by atoms with Crippen molar-refractivity contribution in [1.82, 2.24) is 14.8 Å². The number of aliphatic carboxylic acids is 1. The van der Waals surface area contributed by atoms with Crippen LogP contribution >= 0.6 is 11.3 Å². The summed E-state index contributed by atoms with van der Waals surface area (Å²) in [6, 6.07) is 9.95. The molecule has 0 spiro atoms. The van der Waals surface area contributed by atoms with E-state index in [1.165, 1.54) is 22.0 Å². The zero-order valence-corrected chi connectivity index (χ0v) is 24.5. The van der Waals surface area contributed by atoms with Crippen molar-refractivity contribution in [3.05, 3.63) is 80.6 Å². The minimum absolute atomic E-state index is 0.139. The number of aryl methyl sites for hydroxylation is 2. The fraction of sp³-hybridized carbons (Fsp3) is 0.452. The van der Waals surface area contributed by atoms with E-state index < -0.39 is 18.1 Å². The predicted molar refractivity (Wildman–Crippen MR) is 158 cm³/mol. The zero-order valence-electron chi connectivity index (χ0n) is 23.7. The van der Waals surface area contributed by atoms with Gasteiger partial charge in [-0.2, -0.15) is 0 Å². The van der Waals surface area contributed by atoms with E-state index >= 15 is 0 Å². The van der Waals surface area contributed by atoms with Crippen molar-refractivity contribution in [2.24, 2.45) is 5.92 Å². The molecule has 9 heteroatoms. The molecule has 1 fully saturated rings. The van der Waals surface area contributed by atoms with Crippen LogP contribution in [0.2, 0.25) is 0 Å². The molecule has 0 bridgehead atoms. The highest BCUT2D eigenvalue weighted by molar-refractivity contribution is 7.13. The Balaban J connectivity index is 1.61. The van der Waals surface area contributed by atoms with Crippen molar-refractivity contribution in [1.29, 1.82) is 0 Å². The van der Waals surface area contributed by atoms with Gasteiger partial charge in [-0.3, -0.25) is 19.3 Å². The third-order valence-corrected chi connectivity index (χ3v) is 8.25. The molecular weight excluding hydrogens is 526 g/mol. The first-order valence-electron chi connectivity index (χ1n) is 13.8. The number of hydrogen-bond acceptors (Lipinski definition) is 6. The van der Waals surface area contributed by atoms with Gasteiger partial charge < -0.3 is 19.7 Å². The van der Waals surface area contributed by atoms with Crippen LogP contribution in [0.3, 0.4) is 0 Å². The van der Waals surface area contributed by atoms with E-state index in [2.05, 4.69) is 36.2 Å². The van der Waals surface area contributed by atoms with Gasteiger partial charge in [-0.05, 0) is 65.4 Å². The molecule has 1 aliphatic heterocycles. The van der Waals surface area contributed by atoms with Crippen molar-refractivity contribution in [3.63, 3.8) is 0 Å². The molecule has 1 saturated heterocycles. The molecule has 3 aromatic rings. The fourth-order valence-electron chi connectivity index (χ4n) is 5.26. The molecule has 0 unspecified atom stereocenters. The van der Waals surface area contributed by atoms with Crippen LogP contribution < -0.4 is 10.9 Å².